The van der Waals surface area contributed by atoms with Crippen LogP contribution in [0.3, 0.4) is 0 Å². The Morgan fingerprint density at radius 2 is 2.00 bits per heavy atom. The predicted octanol–water partition coefficient (Wildman–Crippen LogP) is 4.04. The number of aryl methyl sites for hydroxylation is 1. The lowest BCUT2D eigenvalue weighted by Crippen LogP contribution is -2.17. The van der Waals surface area contributed by atoms with Crippen LogP contribution < -0.4 is 0 Å². The number of hydrogen-bond donors (Lipinski definition) is 1. The zero-order valence-electron chi connectivity index (χ0n) is 10.9. The first kappa shape index (κ1) is 12.6. The summed E-state index contributed by atoms with van der Waals surface area (Å²) < 4.78 is 0. The van der Waals surface area contributed by atoms with Gasteiger partial charge in [0.25, 0.3) is 0 Å². The van der Waals surface area contributed by atoms with Crippen LogP contribution in [0, 0.1) is 12.8 Å². The topological polar surface area (TPSA) is 20.2 Å². The molecule has 17 heavy (non-hydrogen) atoms. The molecular formula is C16H24O. The van der Waals surface area contributed by atoms with E-state index in [4.69, 9.17) is 0 Å². The maximum atomic E-state index is 9.30. The molecule has 0 aromatic heterocycles. The third-order valence-corrected chi connectivity index (χ3v) is 4.13. The van der Waals surface area contributed by atoms with Crippen molar-refractivity contribution in [3.05, 3.63) is 35.4 Å². The van der Waals surface area contributed by atoms with Crippen molar-refractivity contribution >= 4 is 0 Å². The molecule has 0 bridgehead atoms. The highest BCUT2D eigenvalue weighted by Crippen LogP contribution is 2.38. The first-order chi connectivity index (χ1) is 8.31. The van der Waals surface area contributed by atoms with Crippen molar-refractivity contribution in [3.63, 3.8) is 0 Å². The minimum Gasteiger partial charge on any atom is -0.396 e. The van der Waals surface area contributed by atoms with Gasteiger partial charge in [0.15, 0.2) is 0 Å². The maximum Gasteiger partial charge on any atom is 0.0436 e. The Bertz CT molecular complexity index is 339. The molecular weight excluding hydrogens is 208 g/mol. The fraction of sp³-hybridized carbons (Fsp3) is 0.625. The first-order valence-electron chi connectivity index (χ1n) is 6.98. The number of benzene rings is 1. The molecule has 1 N–H and O–H groups in total. The summed E-state index contributed by atoms with van der Waals surface area (Å²) in [6.07, 6.45) is 7.76. The Morgan fingerprint density at radius 1 is 1.24 bits per heavy atom. The highest BCUT2D eigenvalue weighted by molar-refractivity contribution is 5.26. The molecule has 0 heterocycles. The van der Waals surface area contributed by atoms with Crippen molar-refractivity contribution in [1.29, 1.82) is 0 Å². The molecule has 1 unspecified atom stereocenters. The van der Waals surface area contributed by atoms with Crippen LogP contribution in [-0.2, 0) is 0 Å². The van der Waals surface area contributed by atoms with Gasteiger partial charge in [-0.25, -0.2) is 0 Å². The molecule has 2 rings (SSSR count). The molecule has 1 heteroatoms. The summed E-state index contributed by atoms with van der Waals surface area (Å²) >= 11 is 0. The first-order valence-corrected chi connectivity index (χ1v) is 6.98. The average molecular weight is 232 g/mol. The summed E-state index contributed by atoms with van der Waals surface area (Å²) in [5.41, 5.74) is 2.77. The minimum absolute atomic E-state index is 0.315. The Morgan fingerprint density at radius 3 is 2.65 bits per heavy atom. The molecule has 1 fully saturated rings. The standard InChI is InChI=1S/C16H24O/c1-13-6-5-9-15(12-13)16(10-11-17)14-7-3-2-4-8-14/h5-6,9,12,14,16-17H,2-4,7-8,10-11H2,1H3. The third kappa shape index (κ3) is 3.32. The van der Waals surface area contributed by atoms with Gasteiger partial charge >= 0.3 is 0 Å². The minimum atomic E-state index is 0.315. The fourth-order valence-corrected chi connectivity index (χ4v) is 3.25. The molecule has 0 amide bonds. The maximum absolute atomic E-state index is 9.30. The monoisotopic (exact) mass is 232 g/mol. The van der Waals surface area contributed by atoms with E-state index in [1.807, 2.05) is 0 Å². The zero-order valence-corrected chi connectivity index (χ0v) is 10.9. The number of aliphatic hydroxyl groups is 1. The lowest BCUT2D eigenvalue weighted by Gasteiger charge is -2.30. The summed E-state index contributed by atoms with van der Waals surface area (Å²) in [5, 5.41) is 9.30. The van der Waals surface area contributed by atoms with Crippen LogP contribution in [0.5, 0.6) is 0 Å². The summed E-state index contributed by atoms with van der Waals surface area (Å²) in [5.74, 6) is 1.36. The molecule has 1 atom stereocenters. The van der Waals surface area contributed by atoms with Crippen LogP contribution >= 0.6 is 0 Å². The van der Waals surface area contributed by atoms with E-state index < -0.39 is 0 Å². The Labute approximate surface area is 105 Å². The van der Waals surface area contributed by atoms with Gasteiger partial charge in [-0.1, -0.05) is 49.1 Å². The van der Waals surface area contributed by atoms with Crippen LogP contribution in [0.1, 0.15) is 55.6 Å². The Kier molecular flexibility index (Phi) is 4.61. The molecule has 1 aliphatic carbocycles. The average Bonchev–Trinajstić information content (AvgIpc) is 2.37. The molecule has 0 aliphatic heterocycles. The summed E-state index contributed by atoms with van der Waals surface area (Å²) in [6, 6.07) is 8.84. The number of hydrogen-bond acceptors (Lipinski definition) is 1. The SMILES string of the molecule is Cc1cccc(C(CCO)C2CCCCC2)c1. The zero-order chi connectivity index (χ0) is 12.1. The van der Waals surface area contributed by atoms with E-state index in [2.05, 4.69) is 31.2 Å². The van der Waals surface area contributed by atoms with E-state index in [0.717, 1.165) is 12.3 Å². The van der Waals surface area contributed by atoms with Gasteiger partial charge in [-0.15, -0.1) is 0 Å². The van der Waals surface area contributed by atoms with Gasteiger partial charge in [0.05, 0.1) is 0 Å². The molecule has 1 aromatic rings. The predicted molar refractivity (Wildman–Crippen MR) is 72.2 cm³/mol. The summed E-state index contributed by atoms with van der Waals surface area (Å²) in [6.45, 7) is 2.47. The highest BCUT2D eigenvalue weighted by atomic mass is 16.3. The van der Waals surface area contributed by atoms with Gasteiger partial charge in [-0.2, -0.15) is 0 Å². The van der Waals surface area contributed by atoms with E-state index in [-0.39, 0.29) is 0 Å². The Hall–Kier alpha value is -0.820. The van der Waals surface area contributed by atoms with E-state index in [1.54, 1.807) is 0 Å². The smallest absolute Gasteiger partial charge is 0.0436 e. The summed E-state index contributed by atoms with van der Waals surface area (Å²) in [4.78, 5) is 0. The van der Waals surface area contributed by atoms with Crippen LogP contribution in [0.2, 0.25) is 0 Å². The second kappa shape index (κ2) is 6.20. The molecule has 1 saturated carbocycles. The van der Waals surface area contributed by atoms with Crippen LogP contribution in [-0.4, -0.2) is 11.7 Å². The van der Waals surface area contributed by atoms with E-state index in [9.17, 15) is 5.11 Å². The Balaban J connectivity index is 2.15. The fourth-order valence-electron chi connectivity index (χ4n) is 3.25. The van der Waals surface area contributed by atoms with Crippen molar-refractivity contribution in [2.45, 2.75) is 51.4 Å². The molecule has 1 aromatic carbocycles. The van der Waals surface area contributed by atoms with Crippen molar-refractivity contribution in [1.82, 2.24) is 0 Å². The van der Waals surface area contributed by atoms with Gasteiger partial charge in [0.1, 0.15) is 0 Å². The van der Waals surface area contributed by atoms with Crippen LogP contribution in [0.25, 0.3) is 0 Å². The van der Waals surface area contributed by atoms with Gasteiger partial charge < -0.3 is 5.11 Å². The molecule has 0 spiro atoms. The van der Waals surface area contributed by atoms with E-state index >= 15 is 0 Å². The summed E-state index contributed by atoms with van der Waals surface area (Å²) in [7, 11) is 0. The molecule has 0 saturated heterocycles. The van der Waals surface area contributed by atoms with Gasteiger partial charge in [-0.3, -0.25) is 0 Å². The lowest BCUT2D eigenvalue weighted by molar-refractivity contribution is 0.229. The lowest BCUT2D eigenvalue weighted by atomic mass is 9.75. The normalized spacial score (nSPS) is 19.2. The van der Waals surface area contributed by atoms with Crippen molar-refractivity contribution in [2.24, 2.45) is 5.92 Å². The van der Waals surface area contributed by atoms with Crippen molar-refractivity contribution in [3.8, 4) is 0 Å². The molecule has 0 radical (unpaired) electrons. The van der Waals surface area contributed by atoms with Gasteiger partial charge in [0.2, 0.25) is 0 Å². The van der Waals surface area contributed by atoms with Gasteiger partial charge in [-0.05, 0) is 43.6 Å². The molecule has 1 nitrogen and oxygen atoms in total. The molecule has 94 valence electrons. The van der Waals surface area contributed by atoms with Crippen LogP contribution in [0.4, 0.5) is 0 Å². The quantitative estimate of drug-likeness (QED) is 0.830. The van der Waals surface area contributed by atoms with Crippen molar-refractivity contribution < 1.29 is 5.11 Å². The largest absolute Gasteiger partial charge is 0.396 e. The second-order valence-electron chi connectivity index (χ2n) is 5.43. The molecule has 1 aliphatic rings. The number of aliphatic hydroxyl groups excluding tert-OH is 1. The number of rotatable bonds is 4. The highest BCUT2D eigenvalue weighted by Gasteiger charge is 2.24. The van der Waals surface area contributed by atoms with Crippen molar-refractivity contribution in [2.75, 3.05) is 6.61 Å². The van der Waals surface area contributed by atoms with E-state index in [0.29, 0.717) is 12.5 Å². The third-order valence-electron chi connectivity index (χ3n) is 4.13. The van der Waals surface area contributed by atoms with Crippen LogP contribution in [0.15, 0.2) is 24.3 Å². The van der Waals surface area contributed by atoms with Gasteiger partial charge in [0, 0.05) is 6.61 Å². The van der Waals surface area contributed by atoms with E-state index in [1.165, 1.54) is 43.2 Å². The second-order valence-corrected chi connectivity index (χ2v) is 5.43.